The molecule has 9 nitrogen and oxygen atoms in total. The third-order valence-electron chi connectivity index (χ3n) is 6.35. The van der Waals surface area contributed by atoms with Gasteiger partial charge >= 0.3 is 5.97 Å². The van der Waals surface area contributed by atoms with Gasteiger partial charge in [-0.25, -0.2) is 13.2 Å². The van der Waals surface area contributed by atoms with E-state index in [9.17, 15) is 18.0 Å². The summed E-state index contributed by atoms with van der Waals surface area (Å²) in [5.74, 6) is 0.0340. The molecule has 2 saturated heterocycles. The van der Waals surface area contributed by atoms with Crippen molar-refractivity contribution in [1.29, 1.82) is 0 Å². The van der Waals surface area contributed by atoms with Crippen molar-refractivity contribution in [2.24, 2.45) is 11.8 Å². The topological polar surface area (TPSA) is 100 Å². The molecule has 1 saturated carbocycles. The molecule has 3 heterocycles. The molecule has 0 bridgehead atoms. The molecule has 2 aliphatic heterocycles. The molecule has 0 N–H and O–H groups in total. The van der Waals surface area contributed by atoms with Crippen molar-refractivity contribution in [2.75, 3.05) is 52.4 Å². The maximum Gasteiger partial charge on any atom is 0.374 e. The number of hydrogen-bond acceptors (Lipinski definition) is 7. The van der Waals surface area contributed by atoms with Gasteiger partial charge in [0, 0.05) is 51.7 Å². The molecular weight excluding hydrogens is 422 g/mol. The lowest BCUT2D eigenvalue weighted by atomic mass is 9.96. The van der Waals surface area contributed by atoms with Gasteiger partial charge in [0.05, 0.1) is 6.61 Å². The van der Waals surface area contributed by atoms with Crippen molar-refractivity contribution in [1.82, 2.24) is 14.1 Å². The number of ether oxygens (including phenoxy) is 1. The Kier molecular flexibility index (Phi) is 6.68. The molecule has 4 rings (SSSR count). The number of furan rings is 1. The quantitative estimate of drug-likeness (QED) is 0.576. The zero-order chi connectivity index (χ0) is 22.0. The maximum atomic E-state index is 12.9. The second-order valence-electron chi connectivity index (χ2n) is 8.59. The molecule has 1 aromatic heterocycles. The van der Waals surface area contributed by atoms with Gasteiger partial charge in [0.25, 0.3) is 10.0 Å². The number of sulfonamides is 1. The Bertz CT molecular complexity index is 894. The van der Waals surface area contributed by atoms with Crippen molar-refractivity contribution in [3.05, 3.63) is 17.9 Å². The van der Waals surface area contributed by atoms with E-state index in [1.165, 1.54) is 29.3 Å². The second kappa shape index (κ2) is 9.30. The molecule has 0 radical (unpaired) electrons. The molecular formula is C21H31N3O6S. The van der Waals surface area contributed by atoms with Crippen LogP contribution in [0.4, 0.5) is 0 Å². The Morgan fingerprint density at radius 3 is 2.32 bits per heavy atom. The van der Waals surface area contributed by atoms with Gasteiger partial charge in [-0.1, -0.05) is 0 Å². The van der Waals surface area contributed by atoms with Gasteiger partial charge in [0.2, 0.25) is 16.8 Å². The average molecular weight is 454 g/mol. The second-order valence-corrected chi connectivity index (χ2v) is 10.5. The summed E-state index contributed by atoms with van der Waals surface area (Å²) in [5.41, 5.74) is 0. The lowest BCUT2D eigenvalue weighted by molar-refractivity contribution is -0.138. The molecule has 3 aliphatic rings. The predicted molar refractivity (Wildman–Crippen MR) is 112 cm³/mol. The number of piperazine rings is 1. The van der Waals surface area contributed by atoms with Crippen LogP contribution >= 0.6 is 0 Å². The van der Waals surface area contributed by atoms with E-state index in [2.05, 4.69) is 4.90 Å². The predicted octanol–water partition coefficient (Wildman–Crippen LogP) is 1.41. The van der Waals surface area contributed by atoms with Gasteiger partial charge in [-0.15, -0.1) is 0 Å². The number of nitrogens with zero attached hydrogens (tertiary/aromatic N) is 3. The van der Waals surface area contributed by atoms with Crippen LogP contribution < -0.4 is 0 Å². The summed E-state index contributed by atoms with van der Waals surface area (Å²) in [6, 6.07) is 2.59. The fourth-order valence-corrected chi connectivity index (χ4v) is 5.70. The van der Waals surface area contributed by atoms with Crippen LogP contribution in [0.15, 0.2) is 21.6 Å². The largest absolute Gasteiger partial charge is 0.460 e. The van der Waals surface area contributed by atoms with E-state index in [0.717, 1.165) is 38.6 Å². The number of esters is 1. The van der Waals surface area contributed by atoms with Crippen LogP contribution in [0, 0.1) is 11.8 Å². The first-order valence-electron chi connectivity index (χ1n) is 11.2. The van der Waals surface area contributed by atoms with Crippen molar-refractivity contribution >= 4 is 21.9 Å². The van der Waals surface area contributed by atoms with E-state index in [1.54, 1.807) is 6.92 Å². The van der Waals surface area contributed by atoms with Gasteiger partial charge in [-0.2, -0.15) is 4.31 Å². The highest BCUT2D eigenvalue weighted by Crippen LogP contribution is 2.30. The summed E-state index contributed by atoms with van der Waals surface area (Å²) in [5, 5.41) is -0.271. The number of carbonyl (C=O) groups excluding carboxylic acids is 2. The minimum atomic E-state index is -3.85. The van der Waals surface area contributed by atoms with Crippen LogP contribution in [0.5, 0.6) is 0 Å². The number of rotatable bonds is 7. The highest BCUT2D eigenvalue weighted by atomic mass is 32.2. The molecule has 0 spiro atoms. The van der Waals surface area contributed by atoms with Crippen molar-refractivity contribution < 1.29 is 27.2 Å². The molecule has 1 amide bonds. The fraction of sp³-hybridized carbons (Fsp3) is 0.714. The van der Waals surface area contributed by atoms with E-state index >= 15 is 0 Å². The first kappa shape index (κ1) is 22.3. The van der Waals surface area contributed by atoms with E-state index < -0.39 is 16.0 Å². The lowest BCUT2D eigenvalue weighted by Crippen LogP contribution is -2.52. The zero-order valence-corrected chi connectivity index (χ0v) is 18.8. The molecule has 3 fully saturated rings. The maximum absolute atomic E-state index is 12.9. The standard InChI is InChI=1S/C21H31N3O6S/c1-2-29-21(26)18-5-6-19(30-18)31(27,28)24-9-7-17(8-10-24)20(25)23-13-11-22(12-14-23)15-16-3-4-16/h5-6,16-17H,2-4,7-15H2,1H3. The summed E-state index contributed by atoms with van der Waals surface area (Å²) >= 11 is 0. The Hall–Kier alpha value is -1.91. The van der Waals surface area contributed by atoms with E-state index in [0.29, 0.717) is 12.8 Å². The SMILES string of the molecule is CCOC(=O)c1ccc(S(=O)(=O)N2CCC(C(=O)N3CCN(CC4CC4)CC3)CC2)o1. The van der Waals surface area contributed by atoms with Crippen LogP contribution in [0.3, 0.4) is 0 Å². The zero-order valence-electron chi connectivity index (χ0n) is 18.0. The lowest BCUT2D eigenvalue weighted by Gasteiger charge is -2.38. The minimum Gasteiger partial charge on any atom is -0.460 e. The summed E-state index contributed by atoms with van der Waals surface area (Å²) in [6.45, 7) is 6.89. The Balaban J connectivity index is 1.28. The van der Waals surface area contributed by atoms with Crippen molar-refractivity contribution in [2.45, 2.75) is 37.7 Å². The Morgan fingerprint density at radius 1 is 1.03 bits per heavy atom. The third kappa shape index (κ3) is 5.12. The number of carbonyl (C=O) groups is 2. The van der Waals surface area contributed by atoms with Gasteiger partial charge < -0.3 is 14.1 Å². The molecule has 31 heavy (non-hydrogen) atoms. The Morgan fingerprint density at radius 2 is 1.71 bits per heavy atom. The van der Waals surface area contributed by atoms with E-state index in [-0.39, 0.29) is 42.4 Å². The number of hydrogen-bond donors (Lipinski definition) is 0. The Labute approximate surface area is 183 Å². The smallest absolute Gasteiger partial charge is 0.374 e. The van der Waals surface area contributed by atoms with Gasteiger partial charge in [0.1, 0.15) is 0 Å². The van der Waals surface area contributed by atoms with Crippen LogP contribution in [-0.2, 0) is 19.6 Å². The van der Waals surface area contributed by atoms with Crippen LogP contribution in [-0.4, -0.2) is 86.8 Å². The molecule has 1 aliphatic carbocycles. The van der Waals surface area contributed by atoms with Crippen LogP contribution in [0.25, 0.3) is 0 Å². The van der Waals surface area contributed by atoms with Crippen molar-refractivity contribution in [3.63, 3.8) is 0 Å². The number of piperidine rings is 1. The molecule has 0 unspecified atom stereocenters. The van der Waals surface area contributed by atoms with Gasteiger partial charge in [-0.3, -0.25) is 9.69 Å². The molecule has 172 valence electrons. The van der Waals surface area contributed by atoms with E-state index in [1.807, 2.05) is 4.90 Å². The minimum absolute atomic E-state index is 0.133. The highest BCUT2D eigenvalue weighted by Gasteiger charge is 2.36. The molecule has 10 heteroatoms. The average Bonchev–Trinajstić information content (AvgIpc) is 3.44. The monoisotopic (exact) mass is 453 g/mol. The van der Waals surface area contributed by atoms with Crippen LogP contribution in [0.1, 0.15) is 43.2 Å². The summed E-state index contributed by atoms with van der Waals surface area (Å²) < 4.78 is 37.1. The first-order valence-corrected chi connectivity index (χ1v) is 12.6. The molecule has 0 aromatic carbocycles. The van der Waals surface area contributed by atoms with Gasteiger partial charge in [0.15, 0.2) is 0 Å². The normalized spacial score (nSPS) is 21.9. The highest BCUT2D eigenvalue weighted by molar-refractivity contribution is 7.89. The summed E-state index contributed by atoms with van der Waals surface area (Å²) in [4.78, 5) is 29.1. The van der Waals surface area contributed by atoms with Crippen LogP contribution in [0.2, 0.25) is 0 Å². The van der Waals surface area contributed by atoms with E-state index in [4.69, 9.17) is 9.15 Å². The third-order valence-corrected chi connectivity index (χ3v) is 8.13. The fourth-order valence-electron chi connectivity index (χ4n) is 4.32. The molecule has 0 atom stereocenters. The van der Waals surface area contributed by atoms with Crippen molar-refractivity contribution in [3.8, 4) is 0 Å². The first-order chi connectivity index (χ1) is 14.9. The number of amides is 1. The summed E-state index contributed by atoms with van der Waals surface area (Å²) in [6.07, 6.45) is 3.66. The van der Waals surface area contributed by atoms with Gasteiger partial charge in [-0.05, 0) is 50.7 Å². The molecule has 1 aromatic rings. The summed E-state index contributed by atoms with van der Waals surface area (Å²) in [7, 11) is -3.85.